The molecule has 0 amide bonds. The van der Waals surface area contributed by atoms with Gasteiger partial charge in [-0.15, -0.1) is 0 Å². The van der Waals surface area contributed by atoms with Gasteiger partial charge in [-0.25, -0.2) is 0 Å². The molecule has 0 aliphatic rings. The lowest BCUT2D eigenvalue weighted by Gasteiger charge is -2.28. The second-order valence-electron chi connectivity index (χ2n) is 4.67. The van der Waals surface area contributed by atoms with Crippen molar-refractivity contribution in [3.8, 4) is 0 Å². The van der Waals surface area contributed by atoms with Gasteiger partial charge in [-0.2, -0.15) is 0 Å². The lowest BCUT2D eigenvalue weighted by atomic mass is 10.0. The van der Waals surface area contributed by atoms with Crippen LogP contribution in [0.4, 0.5) is 5.69 Å². The summed E-state index contributed by atoms with van der Waals surface area (Å²) in [4.78, 5) is 2.31. The minimum Gasteiger partial charge on any atom is -0.348 e. The summed E-state index contributed by atoms with van der Waals surface area (Å²) in [6.45, 7) is 10.9. The van der Waals surface area contributed by atoms with Gasteiger partial charge in [0.05, 0.1) is 0 Å². The maximum atomic E-state index is 2.31. The number of para-hydroxylation sites is 1. The lowest BCUT2D eigenvalue weighted by molar-refractivity contribution is 0.730. The van der Waals surface area contributed by atoms with Crippen LogP contribution in [-0.4, -0.2) is 7.05 Å². The van der Waals surface area contributed by atoms with E-state index in [-0.39, 0.29) is 0 Å². The highest BCUT2D eigenvalue weighted by Crippen LogP contribution is 2.28. The molecule has 1 rings (SSSR count). The molecule has 0 radical (unpaired) electrons. The molecular weight excluding hydrogens is 194 g/mol. The number of hydrogen-bond donors (Lipinski definition) is 0. The molecule has 1 nitrogen and oxygen atoms in total. The van der Waals surface area contributed by atoms with Crippen LogP contribution in [0.25, 0.3) is 0 Å². The van der Waals surface area contributed by atoms with E-state index in [9.17, 15) is 0 Å². The standard InChI is InChI=1S/C15H23N/c1-7-14(11(2)3)16(6)15-12(4)9-8-10-13(15)5/h7-11H,1-6H3/b14-7-. The SMILES string of the molecule is C/C=C(/C(C)C)N(C)c1c(C)cccc1C. The third-order valence-corrected chi connectivity index (χ3v) is 3.05. The first-order valence-electron chi connectivity index (χ1n) is 5.95. The highest BCUT2D eigenvalue weighted by atomic mass is 15.1. The fraction of sp³-hybridized carbons (Fsp3) is 0.467. The number of aryl methyl sites for hydroxylation is 2. The Hall–Kier alpha value is -1.24. The number of benzene rings is 1. The van der Waals surface area contributed by atoms with Crippen LogP contribution in [0.2, 0.25) is 0 Å². The molecule has 0 heterocycles. The number of anilines is 1. The molecule has 0 aromatic heterocycles. The van der Waals surface area contributed by atoms with Crippen molar-refractivity contribution >= 4 is 5.69 Å². The molecule has 0 fully saturated rings. The van der Waals surface area contributed by atoms with Gasteiger partial charge in [-0.05, 0) is 37.8 Å². The molecular formula is C15H23N. The molecule has 88 valence electrons. The van der Waals surface area contributed by atoms with E-state index in [1.54, 1.807) is 0 Å². The number of allylic oxidation sites excluding steroid dienone is 2. The van der Waals surface area contributed by atoms with Gasteiger partial charge in [0.25, 0.3) is 0 Å². The fourth-order valence-electron chi connectivity index (χ4n) is 2.38. The van der Waals surface area contributed by atoms with Gasteiger partial charge in [-0.3, -0.25) is 0 Å². The van der Waals surface area contributed by atoms with Crippen molar-refractivity contribution in [1.29, 1.82) is 0 Å². The van der Waals surface area contributed by atoms with Crippen LogP contribution in [0, 0.1) is 19.8 Å². The summed E-state index contributed by atoms with van der Waals surface area (Å²) < 4.78 is 0. The van der Waals surface area contributed by atoms with Crippen molar-refractivity contribution in [3.05, 3.63) is 41.1 Å². The van der Waals surface area contributed by atoms with Crippen LogP contribution in [0.15, 0.2) is 30.0 Å². The number of hydrogen-bond acceptors (Lipinski definition) is 1. The van der Waals surface area contributed by atoms with Crippen LogP contribution in [0.5, 0.6) is 0 Å². The van der Waals surface area contributed by atoms with Crippen molar-refractivity contribution in [1.82, 2.24) is 0 Å². The van der Waals surface area contributed by atoms with Gasteiger partial charge in [0.2, 0.25) is 0 Å². The zero-order chi connectivity index (χ0) is 12.3. The molecule has 0 spiro atoms. The van der Waals surface area contributed by atoms with Gasteiger partial charge in [0.1, 0.15) is 0 Å². The van der Waals surface area contributed by atoms with Gasteiger partial charge in [0.15, 0.2) is 0 Å². The Morgan fingerprint density at radius 2 is 1.69 bits per heavy atom. The Morgan fingerprint density at radius 1 is 1.19 bits per heavy atom. The lowest BCUT2D eigenvalue weighted by Crippen LogP contribution is -2.21. The molecule has 0 aliphatic heterocycles. The summed E-state index contributed by atoms with van der Waals surface area (Å²) in [7, 11) is 2.16. The third kappa shape index (κ3) is 2.46. The van der Waals surface area contributed by atoms with E-state index < -0.39 is 0 Å². The molecule has 0 saturated heterocycles. The summed E-state index contributed by atoms with van der Waals surface area (Å²) in [5.74, 6) is 0.550. The van der Waals surface area contributed by atoms with E-state index in [0.717, 1.165) is 0 Å². The van der Waals surface area contributed by atoms with Crippen molar-refractivity contribution in [2.75, 3.05) is 11.9 Å². The molecule has 1 aromatic carbocycles. The zero-order valence-electron chi connectivity index (χ0n) is 11.3. The van der Waals surface area contributed by atoms with Gasteiger partial charge in [0, 0.05) is 18.4 Å². The van der Waals surface area contributed by atoms with Crippen LogP contribution in [0.3, 0.4) is 0 Å². The minimum absolute atomic E-state index is 0.550. The molecule has 1 aromatic rings. The Morgan fingerprint density at radius 3 is 2.06 bits per heavy atom. The van der Waals surface area contributed by atoms with E-state index in [1.165, 1.54) is 22.5 Å². The van der Waals surface area contributed by atoms with Crippen molar-refractivity contribution in [2.24, 2.45) is 5.92 Å². The molecule has 0 bridgehead atoms. The Balaban J connectivity index is 3.19. The van der Waals surface area contributed by atoms with Crippen LogP contribution < -0.4 is 4.90 Å². The first-order valence-corrected chi connectivity index (χ1v) is 5.95. The van der Waals surface area contributed by atoms with Crippen molar-refractivity contribution in [2.45, 2.75) is 34.6 Å². The Bertz CT molecular complexity index is 368. The quantitative estimate of drug-likeness (QED) is 0.729. The van der Waals surface area contributed by atoms with Gasteiger partial charge in [-0.1, -0.05) is 38.1 Å². The predicted molar refractivity (Wildman–Crippen MR) is 72.9 cm³/mol. The summed E-state index contributed by atoms with van der Waals surface area (Å²) >= 11 is 0. The predicted octanol–water partition coefficient (Wildman–Crippen LogP) is 4.30. The summed E-state index contributed by atoms with van der Waals surface area (Å²) in [5.41, 5.74) is 5.38. The summed E-state index contributed by atoms with van der Waals surface area (Å²) in [5, 5.41) is 0. The van der Waals surface area contributed by atoms with E-state index in [0.29, 0.717) is 5.92 Å². The molecule has 1 heteroatoms. The van der Waals surface area contributed by atoms with E-state index in [1.807, 2.05) is 0 Å². The molecule has 0 atom stereocenters. The van der Waals surface area contributed by atoms with Gasteiger partial charge < -0.3 is 4.90 Å². The molecule has 0 N–H and O–H groups in total. The average molecular weight is 217 g/mol. The minimum atomic E-state index is 0.550. The summed E-state index contributed by atoms with van der Waals surface area (Å²) in [6.07, 6.45) is 2.20. The molecule has 16 heavy (non-hydrogen) atoms. The second kappa shape index (κ2) is 5.20. The van der Waals surface area contributed by atoms with Crippen molar-refractivity contribution < 1.29 is 0 Å². The molecule has 0 saturated carbocycles. The smallest absolute Gasteiger partial charge is 0.0465 e. The molecule has 0 aliphatic carbocycles. The van der Waals surface area contributed by atoms with Crippen LogP contribution >= 0.6 is 0 Å². The molecule has 0 unspecified atom stereocenters. The van der Waals surface area contributed by atoms with E-state index in [2.05, 4.69) is 70.8 Å². The second-order valence-corrected chi connectivity index (χ2v) is 4.67. The van der Waals surface area contributed by atoms with E-state index >= 15 is 0 Å². The van der Waals surface area contributed by atoms with Crippen molar-refractivity contribution in [3.63, 3.8) is 0 Å². The number of rotatable bonds is 3. The maximum Gasteiger partial charge on any atom is 0.0465 e. The monoisotopic (exact) mass is 217 g/mol. The zero-order valence-corrected chi connectivity index (χ0v) is 11.3. The Kier molecular flexibility index (Phi) is 4.17. The van der Waals surface area contributed by atoms with Crippen LogP contribution in [0.1, 0.15) is 31.9 Å². The normalized spacial score (nSPS) is 12.1. The van der Waals surface area contributed by atoms with Crippen LogP contribution in [-0.2, 0) is 0 Å². The first-order chi connectivity index (χ1) is 7.49. The topological polar surface area (TPSA) is 3.24 Å². The highest BCUT2D eigenvalue weighted by molar-refractivity contribution is 5.61. The fourth-order valence-corrected chi connectivity index (χ4v) is 2.38. The highest BCUT2D eigenvalue weighted by Gasteiger charge is 2.13. The maximum absolute atomic E-state index is 2.31. The van der Waals surface area contributed by atoms with Gasteiger partial charge >= 0.3 is 0 Å². The van der Waals surface area contributed by atoms with E-state index in [4.69, 9.17) is 0 Å². The summed E-state index contributed by atoms with van der Waals surface area (Å²) in [6, 6.07) is 6.46. The Labute approximate surface area is 99.8 Å². The average Bonchev–Trinajstić information content (AvgIpc) is 2.17. The first kappa shape index (κ1) is 12.8. The third-order valence-electron chi connectivity index (χ3n) is 3.05. The largest absolute Gasteiger partial charge is 0.348 e. The number of nitrogens with zero attached hydrogens (tertiary/aromatic N) is 1.